The SMILES string of the molecule is CCSC(=O)NCC(=O)O. The quantitative estimate of drug-likeness (QED) is 0.637. The van der Waals surface area contributed by atoms with Crippen LogP contribution < -0.4 is 5.32 Å². The molecule has 10 heavy (non-hydrogen) atoms. The summed E-state index contributed by atoms with van der Waals surface area (Å²) >= 11 is 1.06. The summed E-state index contributed by atoms with van der Waals surface area (Å²) in [6.45, 7) is 1.52. The summed E-state index contributed by atoms with van der Waals surface area (Å²) in [5, 5.41) is 10.0. The van der Waals surface area contributed by atoms with Crippen molar-refractivity contribution >= 4 is 23.0 Å². The molecule has 0 radical (unpaired) electrons. The topological polar surface area (TPSA) is 66.4 Å². The van der Waals surface area contributed by atoms with E-state index in [1.807, 2.05) is 6.92 Å². The second-order valence-corrected chi connectivity index (χ2v) is 2.70. The van der Waals surface area contributed by atoms with E-state index in [1.165, 1.54) is 0 Å². The van der Waals surface area contributed by atoms with Gasteiger partial charge in [-0.25, -0.2) is 0 Å². The highest BCUT2D eigenvalue weighted by Crippen LogP contribution is 1.97. The molecule has 0 saturated heterocycles. The van der Waals surface area contributed by atoms with E-state index < -0.39 is 5.97 Å². The molecule has 0 aliphatic rings. The van der Waals surface area contributed by atoms with Crippen LogP contribution in [-0.4, -0.2) is 28.6 Å². The number of hydrogen-bond acceptors (Lipinski definition) is 3. The maximum atomic E-state index is 10.5. The summed E-state index contributed by atoms with van der Waals surface area (Å²) < 4.78 is 0. The molecular formula is C5H9NO3S. The summed E-state index contributed by atoms with van der Waals surface area (Å²) in [5.74, 6) is -0.365. The maximum Gasteiger partial charge on any atom is 0.323 e. The summed E-state index contributed by atoms with van der Waals surface area (Å²) in [5.41, 5.74) is 0. The van der Waals surface area contributed by atoms with Crippen LogP contribution in [0.5, 0.6) is 0 Å². The van der Waals surface area contributed by atoms with Crippen molar-refractivity contribution in [2.75, 3.05) is 12.3 Å². The second-order valence-electron chi connectivity index (χ2n) is 1.47. The van der Waals surface area contributed by atoms with Crippen molar-refractivity contribution in [3.63, 3.8) is 0 Å². The molecule has 2 N–H and O–H groups in total. The standard InChI is InChI=1S/C5H9NO3S/c1-2-10-5(9)6-3-4(7)8/h2-3H2,1H3,(H,6,9)(H,7,8). The van der Waals surface area contributed by atoms with Crippen LogP contribution in [0.1, 0.15) is 6.92 Å². The zero-order chi connectivity index (χ0) is 7.98. The van der Waals surface area contributed by atoms with E-state index in [0.29, 0.717) is 5.75 Å². The van der Waals surface area contributed by atoms with Gasteiger partial charge in [-0.2, -0.15) is 0 Å². The van der Waals surface area contributed by atoms with Crippen molar-refractivity contribution in [3.8, 4) is 0 Å². The molecule has 0 heterocycles. The fourth-order valence-electron chi connectivity index (χ4n) is 0.330. The van der Waals surface area contributed by atoms with Gasteiger partial charge in [-0.05, 0) is 5.75 Å². The Kier molecular flexibility index (Phi) is 4.74. The van der Waals surface area contributed by atoms with Crippen molar-refractivity contribution in [2.24, 2.45) is 0 Å². The first-order valence-electron chi connectivity index (χ1n) is 2.79. The Morgan fingerprint density at radius 1 is 1.60 bits per heavy atom. The number of hydrogen-bond donors (Lipinski definition) is 2. The van der Waals surface area contributed by atoms with Gasteiger partial charge in [0.15, 0.2) is 0 Å². The molecule has 0 atom stereocenters. The highest BCUT2D eigenvalue weighted by atomic mass is 32.2. The van der Waals surface area contributed by atoms with E-state index in [4.69, 9.17) is 5.11 Å². The average Bonchev–Trinajstić information content (AvgIpc) is 1.85. The number of amides is 1. The molecule has 0 spiro atoms. The van der Waals surface area contributed by atoms with Gasteiger partial charge < -0.3 is 10.4 Å². The molecule has 0 fully saturated rings. The molecule has 0 rings (SSSR count). The largest absolute Gasteiger partial charge is 0.480 e. The van der Waals surface area contributed by atoms with E-state index in [0.717, 1.165) is 11.8 Å². The van der Waals surface area contributed by atoms with Crippen LogP contribution in [0.3, 0.4) is 0 Å². The maximum absolute atomic E-state index is 10.5. The number of nitrogens with one attached hydrogen (secondary N) is 1. The summed E-state index contributed by atoms with van der Waals surface area (Å²) in [7, 11) is 0. The van der Waals surface area contributed by atoms with Gasteiger partial charge in [0.05, 0.1) is 0 Å². The minimum Gasteiger partial charge on any atom is -0.480 e. The van der Waals surface area contributed by atoms with Gasteiger partial charge in [0.25, 0.3) is 5.24 Å². The Balaban J connectivity index is 3.30. The summed E-state index contributed by atoms with van der Waals surface area (Å²) in [6, 6.07) is 0. The number of aliphatic carboxylic acids is 1. The van der Waals surface area contributed by atoms with Crippen molar-refractivity contribution in [2.45, 2.75) is 6.92 Å². The van der Waals surface area contributed by atoms with Crippen LogP contribution in [0.15, 0.2) is 0 Å². The zero-order valence-electron chi connectivity index (χ0n) is 5.59. The minimum atomic E-state index is -1.02. The Morgan fingerprint density at radius 2 is 2.20 bits per heavy atom. The molecule has 0 aliphatic carbocycles. The third kappa shape index (κ3) is 5.43. The molecule has 4 nitrogen and oxygen atoms in total. The number of carbonyl (C=O) groups excluding carboxylic acids is 1. The van der Waals surface area contributed by atoms with Crippen LogP contribution in [0.2, 0.25) is 0 Å². The van der Waals surface area contributed by atoms with Gasteiger partial charge in [0.2, 0.25) is 0 Å². The fourth-order valence-corrected chi connectivity index (χ4v) is 0.766. The normalized spacial score (nSPS) is 8.90. The smallest absolute Gasteiger partial charge is 0.323 e. The average molecular weight is 163 g/mol. The van der Waals surface area contributed by atoms with Gasteiger partial charge in [-0.1, -0.05) is 18.7 Å². The molecular weight excluding hydrogens is 154 g/mol. The molecule has 5 heteroatoms. The van der Waals surface area contributed by atoms with Crippen LogP contribution in [-0.2, 0) is 4.79 Å². The van der Waals surface area contributed by atoms with Crippen LogP contribution in [0.4, 0.5) is 4.79 Å². The van der Waals surface area contributed by atoms with E-state index in [-0.39, 0.29) is 11.8 Å². The summed E-state index contributed by atoms with van der Waals surface area (Å²) in [4.78, 5) is 20.4. The number of carbonyl (C=O) groups is 2. The lowest BCUT2D eigenvalue weighted by atomic mass is 10.7. The lowest BCUT2D eigenvalue weighted by molar-refractivity contribution is -0.135. The zero-order valence-corrected chi connectivity index (χ0v) is 6.40. The lowest BCUT2D eigenvalue weighted by Crippen LogP contribution is -2.25. The first-order valence-corrected chi connectivity index (χ1v) is 3.77. The van der Waals surface area contributed by atoms with Gasteiger partial charge in [-0.15, -0.1) is 0 Å². The molecule has 0 aliphatic heterocycles. The Labute approximate surface area is 63.0 Å². The molecule has 0 unspecified atom stereocenters. The first-order chi connectivity index (χ1) is 4.66. The first kappa shape index (κ1) is 9.29. The van der Waals surface area contributed by atoms with Crippen LogP contribution >= 0.6 is 11.8 Å². The molecule has 58 valence electrons. The van der Waals surface area contributed by atoms with Crippen LogP contribution in [0.25, 0.3) is 0 Å². The van der Waals surface area contributed by atoms with Crippen molar-refractivity contribution in [1.29, 1.82) is 0 Å². The predicted octanol–water partition coefficient (Wildman–Crippen LogP) is 0.534. The second kappa shape index (κ2) is 5.10. The Hall–Kier alpha value is -0.710. The number of carboxylic acid groups (broad SMARTS) is 1. The van der Waals surface area contributed by atoms with Gasteiger partial charge in [0, 0.05) is 0 Å². The minimum absolute atomic E-state index is 0.287. The third-order valence-corrected chi connectivity index (χ3v) is 1.35. The van der Waals surface area contributed by atoms with E-state index in [1.54, 1.807) is 0 Å². The molecule has 0 bridgehead atoms. The third-order valence-electron chi connectivity index (χ3n) is 0.659. The van der Waals surface area contributed by atoms with Crippen LogP contribution in [0, 0.1) is 0 Å². The summed E-state index contributed by atoms with van der Waals surface area (Å²) in [6.07, 6.45) is 0. The van der Waals surface area contributed by atoms with Crippen molar-refractivity contribution < 1.29 is 14.7 Å². The van der Waals surface area contributed by atoms with E-state index in [9.17, 15) is 9.59 Å². The Bertz CT molecular complexity index is 137. The molecule has 0 aromatic heterocycles. The molecule has 1 amide bonds. The highest BCUT2D eigenvalue weighted by Gasteiger charge is 2.01. The highest BCUT2D eigenvalue weighted by molar-refractivity contribution is 8.13. The number of thioether (sulfide) groups is 1. The number of carboxylic acids is 1. The monoisotopic (exact) mass is 163 g/mol. The molecule has 0 aromatic rings. The van der Waals surface area contributed by atoms with Crippen molar-refractivity contribution in [3.05, 3.63) is 0 Å². The lowest BCUT2D eigenvalue weighted by Gasteiger charge is -1.97. The Morgan fingerprint density at radius 3 is 2.60 bits per heavy atom. The number of rotatable bonds is 3. The van der Waals surface area contributed by atoms with Crippen molar-refractivity contribution in [1.82, 2.24) is 5.32 Å². The van der Waals surface area contributed by atoms with Gasteiger partial charge in [-0.3, -0.25) is 9.59 Å². The molecule has 0 aromatic carbocycles. The van der Waals surface area contributed by atoms with E-state index >= 15 is 0 Å². The van der Waals surface area contributed by atoms with Gasteiger partial charge in [0.1, 0.15) is 6.54 Å². The predicted molar refractivity (Wildman–Crippen MR) is 39.2 cm³/mol. The molecule has 0 saturated carbocycles. The van der Waals surface area contributed by atoms with E-state index in [2.05, 4.69) is 5.32 Å². The fraction of sp³-hybridized carbons (Fsp3) is 0.600. The van der Waals surface area contributed by atoms with Gasteiger partial charge >= 0.3 is 5.97 Å².